The van der Waals surface area contributed by atoms with Crippen molar-refractivity contribution in [2.75, 3.05) is 7.11 Å². The van der Waals surface area contributed by atoms with Crippen LogP contribution in [-0.2, 0) is 9.53 Å². The van der Waals surface area contributed by atoms with E-state index in [-0.39, 0.29) is 23.4 Å². The van der Waals surface area contributed by atoms with Gasteiger partial charge in [-0.25, -0.2) is 9.79 Å². The Morgan fingerprint density at radius 3 is 2.60 bits per heavy atom. The quantitative estimate of drug-likeness (QED) is 0.446. The minimum atomic E-state index is -2.97. The topological polar surface area (TPSA) is 66.3 Å². The van der Waals surface area contributed by atoms with Crippen molar-refractivity contribution >= 4 is 29.5 Å². The van der Waals surface area contributed by atoms with Gasteiger partial charge < -0.3 is 18.9 Å². The second kappa shape index (κ2) is 9.13. The summed E-state index contributed by atoms with van der Waals surface area (Å²) < 4.78 is 45.3. The number of methoxy groups -OCH3 is 1. The number of ether oxygens (including phenoxy) is 4. The first-order valence-electron chi connectivity index (χ1n) is 8.89. The van der Waals surface area contributed by atoms with Crippen molar-refractivity contribution in [2.45, 2.75) is 26.6 Å². The van der Waals surface area contributed by atoms with Crippen molar-refractivity contribution in [2.24, 2.45) is 4.99 Å². The lowest BCUT2D eigenvalue weighted by Gasteiger charge is -2.15. The van der Waals surface area contributed by atoms with Crippen LogP contribution in [0.3, 0.4) is 0 Å². The van der Waals surface area contributed by atoms with E-state index >= 15 is 0 Å². The highest BCUT2D eigenvalue weighted by molar-refractivity contribution is 6.32. The zero-order valence-electron chi connectivity index (χ0n) is 16.3. The van der Waals surface area contributed by atoms with E-state index in [4.69, 9.17) is 25.8 Å². The lowest BCUT2D eigenvalue weighted by atomic mass is 10.1. The molecule has 0 saturated carbocycles. The molecule has 1 aliphatic heterocycles. The number of alkyl halides is 2. The molecule has 158 valence electrons. The lowest BCUT2D eigenvalue weighted by molar-refractivity contribution is -0.129. The molecule has 0 aromatic heterocycles. The van der Waals surface area contributed by atoms with E-state index in [1.807, 2.05) is 13.8 Å². The molecule has 0 amide bonds. The molecule has 0 N–H and O–H groups in total. The van der Waals surface area contributed by atoms with Gasteiger partial charge in [0, 0.05) is 5.56 Å². The summed E-state index contributed by atoms with van der Waals surface area (Å²) in [5.41, 5.74) is 0.877. The molecule has 1 aliphatic rings. The highest BCUT2D eigenvalue weighted by Crippen LogP contribution is 2.38. The van der Waals surface area contributed by atoms with Gasteiger partial charge in [-0.3, -0.25) is 0 Å². The van der Waals surface area contributed by atoms with E-state index in [2.05, 4.69) is 9.73 Å². The van der Waals surface area contributed by atoms with Crippen molar-refractivity contribution in [3.05, 3.63) is 58.2 Å². The molecule has 3 rings (SSSR count). The molecule has 6 nitrogen and oxygen atoms in total. The number of nitrogens with zero attached hydrogens (tertiary/aromatic N) is 1. The molecule has 0 atom stereocenters. The maximum atomic E-state index is 12.4. The zero-order valence-corrected chi connectivity index (χ0v) is 17.1. The van der Waals surface area contributed by atoms with Crippen LogP contribution in [0, 0.1) is 0 Å². The Morgan fingerprint density at radius 1 is 1.17 bits per heavy atom. The smallest absolute Gasteiger partial charge is 0.387 e. The van der Waals surface area contributed by atoms with Crippen molar-refractivity contribution in [3.8, 4) is 17.2 Å². The predicted octanol–water partition coefficient (Wildman–Crippen LogP) is 5.08. The Balaban J connectivity index is 1.92. The van der Waals surface area contributed by atoms with Gasteiger partial charge in [-0.2, -0.15) is 8.78 Å². The molecule has 0 fully saturated rings. The van der Waals surface area contributed by atoms with E-state index in [0.717, 1.165) is 0 Å². The van der Waals surface area contributed by atoms with Crippen LogP contribution < -0.4 is 14.2 Å². The molecule has 9 heteroatoms. The first kappa shape index (κ1) is 21.6. The molecule has 0 unspecified atom stereocenters. The number of benzene rings is 2. The number of cyclic esters (lactones) is 1. The molecule has 0 bridgehead atoms. The Labute approximate surface area is 176 Å². The van der Waals surface area contributed by atoms with Crippen molar-refractivity contribution < 1.29 is 32.5 Å². The van der Waals surface area contributed by atoms with E-state index in [9.17, 15) is 13.6 Å². The second-order valence-electron chi connectivity index (χ2n) is 6.44. The van der Waals surface area contributed by atoms with Crippen LogP contribution >= 0.6 is 11.6 Å². The Morgan fingerprint density at radius 2 is 1.93 bits per heavy atom. The summed E-state index contributed by atoms with van der Waals surface area (Å²) in [6, 6.07) is 8.97. The third-order valence-electron chi connectivity index (χ3n) is 3.84. The van der Waals surface area contributed by atoms with Crippen molar-refractivity contribution in [3.63, 3.8) is 0 Å². The molecule has 2 aromatic carbocycles. The second-order valence-corrected chi connectivity index (χ2v) is 6.85. The number of aliphatic imine (C=N–C) groups is 1. The van der Waals surface area contributed by atoms with Gasteiger partial charge in [0.1, 0.15) is 5.75 Å². The summed E-state index contributed by atoms with van der Waals surface area (Å²) in [7, 11) is 1.48. The van der Waals surface area contributed by atoms with Crippen LogP contribution in [0.25, 0.3) is 6.08 Å². The van der Waals surface area contributed by atoms with Gasteiger partial charge in [0.15, 0.2) is 17.2 Å². The van der Waals surface area contributed by atoms with E-state index < -0.39 is 12.6 Å². The fourth-order valence-corrected chi connectivity index (χ4v) is 2.93. The lowest BCUT2D eigenvalue weighted by Crippen LogP contribution is -2.07. The molecular formula is C21H18ClF2NO5. The van der Waals surface area contributed by atoms with Gasteiger partial charge in [0.05, 0.1) is 18.2 Å². The van der Waals surface area contributed by atoms with Crippen LogP contribution in [0.1, 0.15) is 25.0 Å². The summed E-state index contributed by atoms with van der Waals surface area (Å²) in [5.74, 6) is 0.00308. The molecule has 0 radical (unpaired) electrons. The fourth-order valence-electron chi connectivity index (χ4n) is 2.67. The van der Waals surface area contributed by atoms with Gasteiger partial charge in [-0.15, -0.1) is 0 Å². The first-order chi connectivity index (χ1) is 14.3. The predicted molar refractivity (Wildman–Crippen MR) is 107 cm³/mol. The molecule has 0 saturated heterocycles. The number of rotatable bonds is 7. The Kier molecular flexibility index (Phi) is 6.56. The summed E-state index contributed by atoms with van der Waals surface area (Å²) in [5, 5.41) is 0.308. The molecule has 2 aromatic rings. The summed E-state index contributed by atoms with van der Waals surface area (Å²) in [6.07, 6.45) is 1.37. The maximum absolute atomic E-state index is 12.4. The van der Waals surface area contributed by atoms with Crippen LogP contribution in [0.15, 0.2) is 47.1 Å². The number of hydrogen-bond donors (Lipinski definition) is 0. The average molecular weight is 438 g/mol. The van der Waals surface area contributed by atoms with Crippen LogP contribution in [0.5, 0.6) is 17.2 Å². The van der Waals surface area contributed by atoms with E-state index in [0.29, 0.717) is 27.6 Å². The van der Waals surface area contributed by atoms with Gasteiger partial charge in [-0.1, -0.05) is 17.7 Å². The number of esters is 1. The van der Waals surface area contributed by atoms with Gasteiger partial charge in [-0.05, 0) is 55.8 Å². The van der Waals surface area contributed by atoms with E-state index in [1.54, 1.807) is 18.2 Å². The third-order valence-corrected chi connectivity index (χ3v) is 4.12. The minimum Gasteiger partial charge on any atom is -0.493 e. The highest BCUT2D eigenvalue weighted by Gasteiger charge is 2.25. The minimum absolute atomic E-state index is 0.0147. The fraction of sp³-hybridized carbons (Fsp3) is 0.238. The highest BCUT2D eigenvalue weighted by atomic mass is 35.5. The summed E-state index contributed by atoms with van der Waals surface area (Å²) in [6.45, 7) is 0.751. The van der Waals surface area contributed by atoms with Crippen LogP contribution in [-0.4, -0.2) is 31.7 Å². The monoisotopic (exact) mass is 437 g/mol. The maximum Gasteiger partial charge on any atom is 0.387 e. The zero-order chi connectivity index (χ0) is 21.8. The Hall–Kier alpha value is -3.13. The normalized spacial score (nSPS) is 14.9. The molecule has 0 spiro atoms. The largest absolute Gasteiger partial charge is 0.493 e. The summed E-state index contributed by atoms with van der Waals surface area (Å²) >= 11 is 6.30. The standard InChI is InChI=1S/C21H18ClF2NO5/c1-11(2)28-18-15(22)7-12(9-17(18)27-3)8-16-20(26)30-19(25-16)13-5-4-6-14(10-13)29-21(23)24/h4-11,21H,1-3H3/b16-8+. The molecule has 0 aliphatic carbocycles. The number of hydrogen-bond acceptors (Lipinski definition) is 6. The van der Waals surface area contributed by atoms with Gasteiger partial charge in [0.25, 0.3) is 0 Å². The number of halogens is 3. The van der Waals surface area contributed by atoms with E-state index in [1.165, 1.54) is 31.4 Å². The third kappa shape index (κ3) is 5.07. The molecule has 30 heavy (non-hydrogen) atoms. The molecular weight excluding hydrogens is 420 g/mol. The van der Waals surface area contributed by atoms with Gasteiger partial charge >= 0.3 is 12.6 Å². The first-order valence-corrected chi connectivity index (χ1v) is 9.26. The number of carbonyl (C=O) groups excluding carboxylic acids is 1. The number of carbonyl (C=O) groups is 1. The van der Waals surface area contributed by atoms with Crippen molar-refractivity contribution in [1.29, 1.82) is 0 Å². The van der Waals surface area contributed by atoms with Crippen molar-refractivity contribution in [1.82, 2.24) is 0 Å². The Bertz CT molecular complexity index is 1020. The summed E-state index contributed by atoms with van der Waals surface area (Å²) in [4.78, 5) is 16.4. The van der Waals surface area contributed by atoms with Gasteiger partial charge in [0.2, 0.25) is 5.90 Å². The SMILES string of the molecule is COc1cc(/C=C2/N=C(c3cccc(OC(F)F)c3)OC2=O)cc(Cl)c1OC(C)C. The van der Waals surface area contributed by atoms with Crippen LogP contribution in [0.4, 0.5) is 8.78 Å². The average Bonchev–Trinajstić information content (AvgIpc) is 3.03. The van der Waals surface area contributed by atoms with Crippen LogP contribution in [0.2, 0.25) is 5.02 Å². The molecule has 1 heterocycles.